The first kappa shape index (κ1) is 38.2. The molecule has 4 aliphatic carbocycles. The molecule has 0 aromatic rings. The highest BCUT2D eigenvalue weighted by Crippen LogP contribution is 2.67. The van der Waals surface area contributed by atoms with Crippen LogP contribution in [0.3, 0.4) is 0 Å². The van der Waals surface area contributed by atoms with Gasteiger partial charge in [-0.15, -0.1) is 0 Å². The van der Waals surface area contributed by atoms with Crippen LogP contribution in [0.5, 0.6) is 0 Å². The third-order valence-corrected chi connectivity index (χ3v) is 13.6. The summed E-state index contributed by atoms with van der Waals surface area (Å²) in [7, 11) is 0. The minimum atomic E-state index is 0.0435. The molecule has 47 heavy (non-hydrogen) atoms. The maximum Gasteiger partial charge on any atom is 0.306 e. The standard InChI is InChI=1S/C45H74O2/c1-7-8-9-10-11-12-13-14-15-16-17-18-19-20-21-25-43(46)47-38-30-32-44(5)37(34-38)26-27-39-41-29-28-40(36(4)24-22-23-35(2)3)45(41,6)33-31-42(39)44/h8-9,11-12,14-15,26,35-36,38-42H,7,10,13,16-25,27-34H2,1-6H3/t36-,38?,39+,40-,41+,42+,44+,45-/m1/s1. The van der Waals surface area contributed by atoms with Crippen LogP contribution in [0.2, 0.25) is 0 Å². The van der Waals surface area contributed by atoms with E-state index in [-0.39, 0.29) is 12.1 Å². The Morgan fingerprint density at radius 2 is 1.55 bits per heavy atom. The van der Waals surface area contributed by atoms with Crippen molar-refractivity contribution < 1.29 is 9.53 Å². The molecule has 3 fully saturated rings. The lowest BCUT2D eigenvalue weighted by molar-refractivity contribution is -0.151. The maximum absolute atomic E-state index is 12.8. The Morgan fingerprint density at radius 1 is 0.830 bits per heavy atom. The molecule has 0 heterocycles. The second-order valence-corrected chi connectivity index (χ2v) is 17.2. The van der Waals surface area contributed by atoms with Gasteiger partial charge in [0.2, 0.25) is 0 Å². The minimum Gasteiger partial charge on any atom is -0.462 e. The molecule has 0 amide bonds. The predicted octanol–water partition coefficient (Wildman–Crippen LogP) is 13.5. The van der Waals surface area contributed by atoms with Crippen LogP contribution in [0.25, 0.3) is 0 Å². The summed E-state index contributed by atoms with van der Waals surface area (Å²) in [4.78, 5) is 12.8. The molecule has 0 N–H and O–H groups in total. The van der Waals surface area contributed by atoms with Crippen molar-refractivity contribution >= 4 is 5.97 Å². The second kappa shape index (κ2) is 19.0. The monoisotopic (exact) mass is 647 g/mol. The van der Waals surface area contributed by atoms with Crippen LogP contribution < -0.4 is 0 Å². The first-order valence-corrected chi connectivity index (χ1v) is 20.5. The van der Waals surface area contributed by atoms with Gasteiger partial charge in [-0.1, -0.05) is 128 Å². The number of unbranched alkanes of at least 4 members (excludes halogenated alkanes) is 5. The van der Waals surface area contributed by atoms with E-state index in [0.717, 1.165) is 80.5 Å². The van der Waals surface area contributed by atoms with Gasteiger partial charge >= 0.3 is 5.97 Å². The van der Waals surface area contributed by atoms with Gasteiger partial charge in [0.25, 0.3) is 0 Å². The molecule has 0 spiro atoms. The maximum atomic E-state index is 12.8. The predicted molar refractivity (Wildman–Crippen MR) is 202 cm³/mol. The Balaban J connectivity index is 1.13. The van der Waals surface area contributed by atoms with Gasteiger partial charge < -0.3 is 4.74 Å². The van der Waals surface area contributed by atoms with Gasteiger partial charge in [-0.05, 0) is 130 Å². The van der Waals surface area contributed by atoms with Crippen molar-refractivity contribution in [3.63, 3.8) is 0 Å². The SMILES string of the molecule is CCC=CCC=CCC=CCCCCCCCC(=O)OC1CC[C@@]2(C)C(=CC[C@H]3[C@@H]4CC[C@H]([C@H](C)CCCC(C)C)[C@@]4(C)CC[C@@H]32)C1. The van der Waals surface area contributed by atoms with Gasteiger partial charge in [0.05, 0.1) is 0 Å². The molecule has 0 bridgehead atoms. The van der Waals surface area contributed by atoms with Gasteiger partial charge in [-0.25, -0.2) is 0 Å². The van der Waals surface area contributed by atoms with Crippen LogP contribution in [0.4, 0.5) is 0 Å². The van der Waals surface area contributed by atoms with Crippen molar-refractivity contribution in [2.24, 2.45) is 46.3 Å². The van der Waals surface area contributed by atoms with E-state index in [1.807, 2.05) is 0 Å². The number of hydrogen-bond acceptors (Lipinski definition) is 2. The first-order chi connectivity index (χ1) is 22.7. The molecule has 4 aliphatic rings. The third-order valence-electron chi connectivity index (χ3n) is 13.6. The molecule has 4 rings (SSSR count). The van der Waals surface area contributed by atoms with Crippen LogP contribution in [-0.2, 0) is 9.53 Å². The zero-order chi connectivity index (χ0) is 33.7. The van der Waals surface area contributed by atoms with Crippen LogP contribution in [0.15, 0.2) is 48.1 Å². The number of fused-ring (bicyclic) bond motifs is 5. The van der Waals surface area contributed by atoms with E-state index in [0.29, 0.717) is 17.3 Å². The fourth-order valence-corrected chi connectivity index (χ4v) is 10.9. The highest BCUT2D eigenvalue weighted by atomic mass is 16.5. The number of allylic oxidation sites excluding steroid dienone is 7. The van der Waals surface area contributed by atoms with Crippen molar-refractivity contribution in [1.82, 2.24) is 0 Å². The summed E-state index contributed by atoms with van der Waals surface area (Å²) < 4.78 is 6.12. The average Bonchev–Trinajstić information content (AvgIpc) is 3.40. The molecule has 0 aromatic carbocycles. The zero-order valence-electron chi connectivity index (χ0n) is 31.7. The van der Waals surface area contributed by atoms with E-state index >= 15 is 0 Å². The molecule has 3 saturated carbocycles. The number of hydrogen-bond donors (Lipinski definition) is 0. The highest BCUT2D eigenvalue weighted by Gasteiger charge is 2.59. The molecule has 2 nitrogen and oxygen atoms in total. The molecule has 0 aromatic heterocycles. The van der Waals surface area contributed by atoms with E-state index in [1.54, 1.807) is 5.57 Å². The van der Waals surface area contributed by atoms with Gasteiger partial charge in [0.15, 0.2) is 0 Å². The number of carbonyl (C=O) groups excluding carboxylic acids is 1. The summed E-state index contributed by atoms with van der Waals surface area (Å²) in [5.74, 6) is 5.28. The van der Waals surface area contributed by atoms with Crippen molar-refractivity contribution in [1.29, 1.82) is 0 Å². The van der Waals surface area contributed by atoms with Crippen LogP contribution >= 0.6 is 0 Å². The fraction of sp³-hybridized carbons (Fsp3) is 0.800. The lowest BCUT2D eigenvalue weighted by Crippen LogP contribution is -2.51. The molecule has 0 saturated heterocycles. The number of ether oxygens (including phenoxy) is 1. The van der Waals surface area contributed by atoms with Crippen molar-refractivity contribution in [2.75, 3.05) is 0 Å². The Labute approximate surface area is 291 Å². The molecule has 8 atom stereocenters. The largest absolute Gasteiger partial charge is 0.462 e. The van der Waals surface area contributed by atoms with Gasteiger partial charge in [-0.2, -0.15) is 0 Å². The lowest BCUT2D eigenvalue weighted by Gasteiger charge is -2.58. The van der Waals surface area contributed by atoms with Gasteiger partial charge in [0.1, 0.15) is 6.10 Å². The highest BCUT2D eigenvalue weighted by molar-refractivity contribution is 5.69. The van der Waals surface area contributed by atoms with E-state index in [4.69, 9.17) is 4.74 Å². The summed E-state index contributed by atoms with van der Waals surface area (Å²) in [6.07, 6.45) is 41.7. The Bertz CT molecular complexity index is 1060. The summed E-state index contributed by atoms with van der Waals surface area (Å²) in [6.45, 7) is 14.8. The summed E-state index contributed by atoms with van der Waals surface area (Å²) in [5.41, 5.74) is 2.51. The normalized spacial score (nSPS) is 32.9. The molecular formula is C45H74O2. The zero-order valence-corrected chi connectivity index (χ0v) is 31.7. The molecular weight excluding hydrogens is 572 g/mol. The summed E-state index contributed by atoms with van der Waals surface area (Å²) >= 11 is 0. The Kier molecular flexibility index (Phi) is 15.4. The second-order valence-electron chi connectivity index (χ2n) is 17.2. The molecule has 1 unspecified atom stereocenters. The van der Waals surface area contributed by atoms with Crippen molar-refractivity contribution in [3.05, 3.63) is 48.1 Å². The van der Waals surface area contributed by atoms with Crippen molar-refractivity contribution in [3.8, 4) is 0 Å². The van der Waals surface area contributed by atoms with Crippen LogP contribution in [0, 0.1) is 46.3 Å². The molecule has 0 aliphatic heterocycles. The Morgan fingerprint density at radius 3 is 2.32 bits per heavy atom. The Hall–Kier alpha value is -1.57. The molecule has 0 radical (unpaired) electrons. The first-order valence-electron chi connectivity index (χ1n) is 20.5. The lowest BCUT2D eigenvalue weighted by atomic mass is 9.47. The van der Waals surface area contributed by atoms with Gasteiger partial charge in [0, 0.05) is 12.8 Å². The topological polar surface area (TPSA) is 26.3 Å². The van der Waals surface area contributed by atoms with E-state index in [1.165, 1.54) is 83.5 Å². The van der Waals surface area contributed by atoms with Crippen LogP contribution in [0.1, 0.15) is 176 Å². The van der Waals surface area contributed by atoms with E-state index in [9.17, 15) is 4.79 Å². The third kappa shape index (κ3) is 10.5. The quantitative estimate of drug-likeness (QED) is 0.0793. The molecule has 2 heteroatoms. The summed E-state index contributed by atoms with van der Waals surface area (Å²) in [6, 6.07) is 0. The van der Waals surface area contributed by atoms with E-state index < -0.39 is 0 Å². The summed E-state index contributed by atoms with van der Waals surface area (Å²) in [5, 5.41) is 0. The van der Waals surface area contributed by atoms with Gasteiger partial charge in [-0.3, -0.25) is 4.79 Å². The number of carbonyl (C=O) groups is 1. The van der Waals surface area contributed by atoms with Crippen LogP contribution in [-0.4, -0.2) is 12.1 Å². The smallest absolute Gasteiger partial charge is 0.306 e. The minimum absolute atomic E-state index is 0.0435. The number of esters is 1. The van der Waals surface area contributed by atoms with Crippen molar-refractivity contribution in [2.45, 2.75) is 182 Å². The fourth-order valence-electron chi connectivity index (χ4n) is 10.9. The number of rotatable bonds is 19. The average molecular weight is 647 g/mol. The molecule has 266 valence electrons. The van der Waals surface area contributed by atoms with E-state index in [2.05, 4.69) is 84.1 Å².